The molecule has 7 heteroatoms. The van der Waals surface area contributed by atoms with E-state index < -0.39 is 10.5 Å². The largest absolute Gasteiger partial charge is 0.387 e. The van der Waals surface area contributed by atoms with Crippen molar-refractivity contribution in [1.82, 2.24) is 4.98 Å². The van der Waals surface area contributed by atoms with Crippen LogP contribution in [-0.2, 0) is 0 Å². The van der Waals surface area contributed by atoms with Crippen LogP contribution in [-0.4, -0.2) is 39.2 Å². The Morgan fingerprint density at radius 1 is 1.48 bits per heavy atom. The molecule has 0 saturated carbocycles. The zero-order chi connectivity index (χ0) is 15.5. The Labute approximate surface area is 126 Å². The molecule has 6 nitrogen and oxygen atoms in total. The summed E-state index contributed by atoms with van der Waals surface area (Å²) < 4.78 is 0. The van der Waals surface area contributed by atoms with Gasteiger partial charge < -0.3 is 10.4 Å². The summed E-state index contributed by atoms with van der Waals surface area (Å²) in [5.41, 5.74) is 0.199. The van der Waals surface area contributed by atoms with Crippen molar-refractivity contribution in [2.45, 2.75) is 12.5 Å². The highest BCUT2D eigenvalue weighted by Gasteiger charge is 2.20. The predicted octanol–water partition coefficient (Wildman–Crippen LogP) is 2.67. The molecule has 21 heavy (non-hydrogen) atoms. The molecular formula is C14H17N3O3S. The Kier molecular flexibility index (Phi) is 4.64. The van der Waals surface area contributed by atoms with Gasteiger partial charge in [0.1, 0.15) is 5.52 Å². The number of aromatic nitrogens is 1. The molecule has 0 bridgehead atoms. The van der Waals surface area contributed by atoms with Crippen LogP contribution >= 0.6 is 11.8 Å². The van der Waals surface area contributed by atoms with E-state index >= 15 is 0 Å². The fourth-order valence-corrected chi connectivity index (χ4v) is 2.83. The van der Waals surface area contributed by atoms with E-state index in [2.05, 4.69) is 10.3 Å². The second-order valence-corrected chi connectivity index (χ2v) is 5.94. The minimum Gasteiger partial charge on any atom is -0.387 e. The van der Waals surface area contributed by atoms with Gasteiger partial charge in [-0.15, -0.1) is 0 Å². The van der Waals surface area contributed by atoms with Gasteiger partial charge in [-0.2, -0.15) is 11.8 Å². The van der Waals surface area contributed by atoms with E-state index in [1.165, 1.54) is 12.3 Å². The molecule has 0 aliphatic rings. The average molecular weight is 307 g/mol. The number of nitro groups is 1. The van der Waals surface area contributed by atoms with Gasteiger partial charge in [0.25, 0.3) is 5.69 Å². The quantitative estimate of drug-likeness (QED) is 0.630. The summed E-state index contributed by atoms with van der Waals surface area (Å²) in [6.07, 6.45) is 3.46. The maximum absolute atomic E-state index is 11.0. The lowest BCUT2D eigenvalue weighted by Crippen LogP contribution is -2.36. The number of rotatable bonds is 6. The number of hydrogen-bond donors (Lipinski definition) is 2. The Morgan fingerprint density at radius 2 is 2.24 bits per heavy atom. The van der Waals surface area contributed by atoms with E-state index in [-0.39, 0.29) is 5.69 Å². The molecule has 1 aromatic carbocycles. The SMILES string of the molecule is CSCC(C)(O)CNc1ccnc2c([N+](=O)[O-])cccc12. The lowest BCUT2D eigenvalue weighted by atomic mass is 10.1. The third kappa shape index (κ3) is 3.62. The van der Waals surface area contributed by atoms with E-state index in [1.807, 2.05) is 6.26 Å². The number of nitro benzene ring substituents is 1. The number of nitrogens with one attached hydrogen (secondary N) is 1. The molecule has 1 unspecified atom stereocenters. The molecule has 1 aromatic heterocycles. The smallest absolute Gasteiger partial charge is 0.295 e. The number of benzene rings is 1. The summed E-state index contributed by atoms with van der Waals surface area (Å²) in [4.78, 5) is 14.7. The van der Waals surface area contributed by atoms with Crippen LogP contribution in [0.25, 0.3) is 10.9 Å². The van der Waals surface area contributed by atoms with Crippen molar-refractivity contribution < 1.29 is 10.0 Å². The number of fused-ring (bicyclic) bond motifs is 1. The second-order valence-electron chi connectivity index (χ2n) is 5.07. The number of para-hydroxylation sites is 1. The van der Waals surface area contributed by atoms with E-state index in [0.29, 0.717) is 23.2 Å². The molecule has 0 aliphatic carbocycles. The molecule has 1 atom stereocenters. The number of thioether (sulfide) groups is 1. The minimum atomic E-state index is -0.851. The zero-order valence-electron chi connectivity index (χ0n) is 11.9. The first-order chi connectivity index (χ1) is 9.94. The van der Waals surface area contributed by atoms with Crippen LogP contribution < -0.4 is 5.32 Å². The highest BCUT2D eigenvalue weighted by molar-refractivity contribution is 7.98. The van der Waals surface area contributed by atoms with Gasteiger partial charge in [-0.25, -0.2) is 4.98 Å². The van der Waals surface area contributed by atoms with Crippen molar-refractivity contribution in [1.29, 1.82) is 0 Å². The summed E-state index contributed by atoms with van der Waals surface area (Å²) >= 11 is 1.56. The summed E-state index contributed by atoms with van der Waals surface area (Å²) in [6.45, 7) is 2.11. The summed E-state index contributed by atoms with van der Waals surface area (Å²) in [7, 11) is 0. The van der Waals surface area contributed by atoms with Gasteiger partial charge in [-0.05, 0) is 19.2 Å². The Bertz CT molecular complexity index is 661. The van der Waals surface area contributed by atoms with Crippen molar-refractivity contribution in [3.8, 4) is 0 Å². The molecule has 0 fully saturated rings. The molecule has 2 rings (SSSR count). The Balaban J connectivity index is 2.33. The van der Waals surface area contributed by atoms with Crippen LogP contribution in [0.4, 0.5) is 11.4 Å². The van der Waals surface area contributed by atoms with Gasteiger partial charge in [-0.1, -0.05) is 12.1 Å². The number of anilines is 1. The lowest BCUT2D eigenvalue weighted by Gasteiger charge is -2.23. The van der Waals surface area contributed by atoms with E-state index in [0.717, 1.165) is 5.69 Å². The van der Waals surface area contributed by atoms with Crippen LogP contribution in [0.1, 0.15) is 6.92 Å². The maximum atomic E-state index is 11.0. The summed E-state index contributed by atoms with van der Waals surface area (Å²) in [5.74, 6) is 0.600. The average Bonchev–Trinajstić information content (AvgIpc) is 2.44. The number of nitrogens with zero attached hydrogens (tertiary/aromatic N) is 2. The highest BCUT2D eigenvalue weighted by Crippen LogP contribution is 2.28. The third-order valence-corrected chi connectivity index (χ3v) is 3.97. The fourth-order valence-electron chi connectivity index (χ4n) is 2.11. The highest BCUT2D eigenvalue weighted by atomic mass is 32.2. The molecule has 2 aromatic rings. The summed E-state index contributed by atoms with van der Waals surface area (Å²) in [6, 6.07) is 6.60. The first-order valence-electron chi connectivity index (χ1n) is 6.42. The van der Waals surface area contributed by atoms with Gasteiger partial charge in [-0.3, -0.25) is 10.1 Å². The second kappa shape index (κ2) is 6.28. The molecule has 1 heterocycles. The summed E-state index contributed by atoms with van der Waals surface area (Å²) in [5, 5.41) is 25.0. The van der Waals surface area contributed by atoms with Crippen LogP contribution in [0.15, 0.2) is 30.5 Å². The van der Waals surface area contributed by atoms with Gasteiger partial charge >= 0.3 is 0 Å². The van der Waals surface area contributed by atoms with Gasteiger partial charge in [0.2, 0.25) is 0 Å². The van der Waals surface area contributed by atoms with Gasteiger partial charge in [0.15, 0.2) is 0 Å². The first kappa shape index (κ1) is 15.5. The molecule has 0 radical (unpaired) electrons. The predicted molar refractivity (Wildman–Crippen MR) is 85.9 cm³/mol. The number of pyridine rings is 1. The number of hydrogen-bond acceptors (Lipinski definition) is 6. The molecular weight excluding hydrogens is 290 g/mol. The molecule has 2 N–H and O–H groups in total. The monoisotopic (exact) mass is 307 g/mol. The molecule has 0 saturated heterocycles. The lowest BCUT2D eigenvalue weighted by molar-refractivity contribution is -0.383. The van der Waals surface area contributed by atoms with Crippen LogP contribution in [0.3, 0.4) is 0 Å². The molecule has 0 spiro atoms. The normalized spacial score (nSPS) is 13.9. The standard InChI is InChI=1S/C14H17N3O3S/c1-14(18,9-21-2)8-16-11-6-7-15-13-10(11)4-3-5-12(13)17(19)20/h3-7,18H,8-9H2,1-2H3,(H,15,16). The van der Waals surface area contributed by atoms with Crippen molar-refractivity contribution in [2.75, 3.05) is 23.9 Å². The zero-order valence-corrected chi connectivity index (χ0v) is 12.7. The third-order valence-electron chi connectivity index (χ3n) is 3.06. The van der Waals surface area contributed by atoms with Crippen LogP contribution in [0.5, 0.6) is 0 Å². The molecule has 112 valence electrons. The number of aliphatic hydroxyl groups is 1. The van der Waals surface area contributed by atoms with E-state index in [9.17, 15) is 15.2 Å². The molecule has 0 amide bonds. The van der Waals surface area contributed by atoms with Gasteiger partial charge in [0, 0.05) is 35.6 Å². The van der Waals surface area contributed by atoms with E-state index in [1.54, 1.807) is 36.9 Å². The first-order valence-corrected chi connectivity index (χ1v) is 7.81. The van der Waals surface area contributed by atoms with Crippen molar-refractivity contribution in [3.63, 3.8) is 0 Å². The van der Waals surface area contributed by atoms with Crippen molar-refractivity contribution in [2.24, 2.45) is 0 Å². The topological polar surface area (TPSA) is 88.3 Å². The Morgan fingerprint density at radius 3 is 2.90 bits per heavy atom. The van der Waals surface area contributed by atoms with Crippen LogP contribution in [0, 0.1) is 10.1 Å². The maximum Gasteiger partial charge on any atom is 0.295 e. The van der Waals surface area contributed by atoms with Crippen molar-refractivity contribution in [3.05, 3.63) is 40.6 Å². The van der Waals surface area contributed by atoms with Crippen LogP contribution in [0.2, 0.25) is 0 Å². The minimum absolute atomic E-state index is 0.0213. The van der Waals surface area contributed by atoms with E-state index in [4.69, 9.17) is 0 Å². The Hall–Kier alpha value is -1.86. The molecule has 0 aliphatic heterocycles. The fraction of sp³-hybridized carbons (Fsp3) is 0.357. The van der Waals surface area contributed by atoms with Gasteiger partial charge in [0.05, 0.1) is 10.5 Å². The van der Waals surface area contributed by atoms with Crippen molar-refractivity contribution >= 4 is 34.0 Å². The number of non-ortho nitro benzene ring substituents is 1.